The summed E-state index contributed by atoms with van der Waals surface area (Å²) in [6, 6.07) is 10.1. The van der Waals surface area contributed by atoms with E-state index in [2.05, 4.69) is 38.1 Å². The minimum Gasteiger partial charge on any atom is -0.444 e. The summed E-state index contributed by atoms with van der Waals surface area (Å²) < 4.78 is 5.34. The predicted octanol–water partition coefficient (Wildman–Crippen LogP) is 4.21. The number of aliphatic imine (C=N–C) groups is 1. The summed E-state index contributed by atoms with van der Waals surface area (Å²) >= 11 is 0. The van der Waals surface area contributed by atoms with Crippen LogP contribution >= 0.6 is 24.0 Å². The van der Waals surface area contributed by atoms with Crippen molar-refractivity contribution in [1.82, 2.24) is 20.9 Å². The van der Waals surface area contributed by atoms with Crippen LogP contribution in [-0.4, -0.2) is 41.3 Å². The number of amides is 1. The first-order chi connectivity index (χ1) is 13.6. The van der Waals surface area contributed by atoms with Crippen molar-refractivity contribution in [2.24, 2.45) is 4.99 Å². The Bertz CT molecular complexity index is 857. The van der Waals surface area contributed by atoms with Gasteiger partial charge in [-0.05, 0) is 53.0 Å². The molecule has 0 unspecified atom stereocenters. The van der Waals surface area contributed by atoms with Crippen LogP contribution in [-0.2, 0) is 11.3 Å². The fourth-order valence-electron chi connectivity index (χ4n) is 2.73. The van der Waals surface area contributed by atoms with Gasteiger partial charge in [-0.1, -0.05) is 24.3 Å². The zero-order valence-corrected chi connectivity index (χ0v) is 21.0. The fourth-order valence-corrected chi connectivity index (χ4v) is 2.73. The highest BCUT2D eigenvalue weighted by molar-refractivity contribution is 14.0. The number of nitrogens with one attached hydrogen (secondary N) is 3. The maximum Gasteiger partial charge on any atom is 0.408 e. The monoisotopic (exact) mass is 527 g/mol. The van der Waals surface area contributed by atoms with Crippen LogP contribution in [0.5, 0.6) is 0 Å². The van der Waals surface area contributed by atoms with Crippen LogP contribution in [0.25, 0.3) is 10.8 Å². The zero-order valence-electron chi connectivity index (χ0n) is 18.7. The van der Waals surface area contributed by atoms with Gasteiger partial charge in [0.15, 0.2) is 5.96 Å². The minimum atomic E-state index is -0.532. The van der Waals surface area contributed by atoms with Gasteiger partial charge < -0.3 is 20.7 Å². The maximum absolute atomic E-state index is 12.1. The first-order valence-corrected chi connectivity index (χ1v) is 9.95. The van der Waals surface area contributed by atoms with E-state index in [9.17, 15) is 4.79 Å². The molecule has 0 aliphatic heterocycles. The summed E-state index contributed by atoms with van der Waals surface area (Å²) in [5.41, 5.74) is -0.127. The van der Waals surface area contributed by atoms with Gasteiger partial charge in [-0.2, -0.15) is 0 Å². The van der Waals surface area contributed by atoms with Crippen LogP contribution in [0.1, 0.15) is 47.2 Å². The number of aromatic nitrogens is 1. The Labute approximate surface area is 196 Å². The van der Waals surface area contributed by atoms with E-state index < -0.39 is 17.2 Å². The quantitative estimate of drug-likeness (QED) is 0.298. The Hall–Kier alpha value is -2.10. The topological polar surface area (TPSA) is 87.6 Å². The van der Waals surface area contributed by atoms with Crippen molar-refractivity contribution >= 4 is 46.8 Å². The van der Waals surface area contributed by atoms with Crippen LogP contribution < -0.4 is 16.0 Å². The minimum absolute atomic E-state index is 0. The van der Waals surface area contributed by atoms with E-state index in [1.165, 1.54) is 0 Å². The molecule has 0 spiro atoms. The molecule has 0 bridgehead atoms. The third-order valence-electron chi connectivity index (χ3n) is 4.02. The van der Waals surface area contributed by atoms with E-state index in [-0.39, 0.29) is 24.0 Å². The summed E-state index contributed by atoms with van der Waals surface area (Å²) in [4.78, 5) is 21.2. The molecule has 0 aliphatic carbocycles. The molecular weight excluding hydrogens is 493 g/mol. The number of nitrogens with zero attached hydrogens (tertiary/aromatic N) is 2. The SMILES string of the molecule is CCNC(=NCc1nccc2ccccc12)NCC(C)(C)NC(=O)OC(C)(C)C.I. The molecular formula is C22H34IN5O2. The smallest absolute Gasteiger partial charge is 0.408 e. The van der Waals surface area contributed by atoms with Crippen molar-refractivity contribution in [3.05, 3.63) is 42.2 Å². The molecule has 0 atom stereocenters. The molecule has 1 aromatic heterocycles. The third kappa shape index (κ3) is 8.73. The fraction of sp³-hybridized carbons (Fsp3) is 0.500. The van der Waals surface area contributed by atoms with Crippen LogP contribution in [0.2, 0.25) is 0 Å². The number of alkyl carbamates (subject to hydrolysis) is 1. The lowest BCUT2D eigenvalue weighted by atomic mass is 10.1. The second-order valence-electron chi connectivity index (χ2n) is 8.54. The number of pyridine rings is 1. The zero-order chi connectivity index (χ0) is 21.5. The van der Waals surface area contributed by atoms with Gasteiger partial charge in [-0.15, -0.1) is 24.0 Å². The van der Waals surface area contributed by atoms with Gasteiger partial charge in [0.1, 0.15) is 5.60 Å². The Balaban J connectivity index is 0.00000450. The summed E-state index contributed by atoms with van der Waals surface area (Å²) in [6.45, 7) is 13.1. The molecule has 0 aliphatic rings. The number of halogens is 1. The van der Waals surface area contributed by atoms with Gasteiger partial charge in [0.25, 0.3) is 0 Å². The summed E-state index contributed by atoms with van der Waals surface area (Å²) in [5.74, 6) is 0.668. The molecule has 7 nitrogen and oxygen atoms in total. The van der Waals surface area contributed by atoms with Gasteiger partial charge in [0.2, 0.25) is 0 Å². The third-order valence-corrected chi connectivity index (χ3v) is 4.02. The second kappa shape index (κ2) is 11.3. The van der Waals surface area contributed by atoms with Gasteiger partial charge in [-0.3, -0.25) is 4.98 Å². The number of carbonyl (C=O) groups is 1. The van der Waals surface area contributed by atoms with E-state index in [4.69, 9.17) is 4.74 Å². The molecule has 0 radical (unpaired) electrons. The molecule has 30 heavy (non-hydrogen) atoms. The van der Waals surface area contributed by atoms with E-state index in [0.29, 0.717) is 19.0 Å². The summed E-state index contributed by atoms with van der Waals surface area (Å²) in [5, 5.41) is 11.7. The van der Waals surface area contributed by atoms with Crippen LogP contribution in [0, 0.1) is 0 Å². The number of ether oxygens (including phenoxy) is 1. The Kier molecular flexibility index (Phi) is 9.80. The largest absolute Gasteiger partial charge is 0.444 e. The Morgan fingerprint density at radius 1 is 1.10 bits per heavy atom. The first kappa shape index (κ1) is 25.9. The van der Waals surface area contributed by atoms with Gasteiger partial charge in [0.05, 0.1) is 17.8 Å². The van der Waals surface area contributed by atoms with Crippen LogP contribution in [0.4, 0.5) is 4.79 Å². The molecule has 2 aromatic rings. The average Bonchev–Trinajstić information content (AvgIpc) is 2.62. The number of hydrogen-bond acceptors (Lipinski definition) is 4. The lowest BCUT2D eigenvalue weighted by molar-refractivity contribution is 0.0474. The van der Waals surface area contributed by atoms with Crippen molar-refractivity contribution in [2.45, 2.75) is 59.2 Å². The summed E-state index contributed by atoms with van der Waals surface area (Å²) in [6.07, 6.45) is 1.37. The van der Waals surface area contributed by atoms with Crippen molar-refractivity contribution in [1.29, 1.82) is 0 Å². The lowest BCUT2D eigenvalue weighted by Crippen LogP contribution is -2.54. The molecule has 8 heteroatoms. The highest BCUT2D eigenvalue weighted by Crippen LogP contribution is 2.16. The first-order valence-electron chi connectivity index (χ1n) is 9.95. The Morgan fingerprint density at radius 2 is 1.80 bits per heavy atom. The van der Waals surface area contributed by atoms with Crippen molar-refractivity contribution in [3.8, 4) is 0 Å². The normalized spacial score (nSPS) is 12.1. The van der Waals surface area contributed by atoms with Gasteiger partial charge in [0, 0.05) is 24.7 Å². The van der Waals surface area contributed by atoms with Crippen molar-refractivity contribution in [2.75, 3.05) is 13.1 Å². The molecule has 1 amide bonds. The molecule has 0 saturated carbocycles. The number of rotatable bonds is 6. The van der Waals surface area contributed by atoms with E-state index in [0.717, 1.165) is 23.0 Å². The number of guanidine groups is 1. The van der Waals surface area contributed by atoms with Gasteiger partial charge >= 0.3 is 6.09 Å². The Morgan fingerprint density at radius 3 is 2.47 bits per heavy atom. The van der Waals surface area contributed by atoms with Gasteiger partial charge in [-0.25, -0.2) is 9.79 Å². The molecule has 0 saturated heterocycles. The highest BCUT2D eigenvalue weighted by atomic mass is 127. The van der Waals surface area contributed by atoms with Crippen LogP contribution in [0.3, 0.4) is 0 Å². The molecule has 1 heterocycles. The van der Waals surface area contributed by atoms with Crippen LogP contribution in [0.15, 0.2) is 41.5 Å². The number of benzene rings is 1. The van der Waals surface area contributed by atoms with E-state index >= 15 is 0 Å². The standard InChI is InChI=1S/C22H33N5O2.HI/c1-7-23-19(26-15-22(5,6)27-20(28)29-21(2,3)4)25-14-18-17-11-9-8-10-16(17)12-13-24-18;/h8-13H,7,14-15H2,1-6H3,(H,27,28)(H2,23,25,26);1H. The van der Waals surface area contributed by atoms with Crippen molar-refractivity contribution in [3.63, 3.8) is 0 Å². The molecule has 0 fully saturated rings. The molecule has 3 N–H and O–H groups in total. The number of hydrogen-bond donors (Lipinski definition) is 3. The average molecular weight is 527 g/mol. The summed E-state index contributed by atoms with van der Waals surface area (Å²) in [7, 11) is 0. The second-order valence-corrected chi connectivity index (χ2v) is 8.54. The molecule has 1 aromatic carbocycles. The molecule has 2 rings (SSSR count). The van der Waals surface area contributed by atoms with E-state index in [1.54, 1.807) is 6.20 Å². The predicted molar refractivity (Wildman–Crippen MR) is 133 cm³/mol. The number of fused-ring (bicyclic) bond motifs is 1. The molecule has 166 valence electrons. The van der Waals surface area contributed by atoms with Crippen molar-refractivity contribution < 1.29 is 9.53 Å². The van der Waals surface area contributed by atoms with E-state index in [1.807, 2.05) is 59.7 Å². The lowest BCUT2D eigenvalue weighted by Gasteiger charge is -2.29. The maximum atomic E-state index is 12.1. The number of carbonyl (C=O) groups excluding carboxylic acids is 1. The highest BCUT2D eigenvalue weighted by Gasteiger charge is 2.24.